The van der Waals surface area contributed by atoms with Crippen LogP contribution >= 0.6 is 15.9 Å². The topological polar surface area (TPSA) is 78.0 Å². The van der Waals surface area contributed by atoms with E-state index in [4.69, 9.17) is 5.73 Å². The molecule has 10 heteroatoms. The Bertz CT molecular complexity index is 864. The first-order valence-corrected chi connectivity index (χ1v) is 7.28. The number of benzene rings is 1. The highest BCUT2D eigenvalue weighted by Crippen LogP contribution is 2.34. The molecule has 1 aromatic carbocycles. The van der Waals surface area contributed by atoms with Crippen molar-refractivity contribution >= 4 is 21.8 Å². The molecule has 1 heterocycles. The molecule has 0 saturated heterocycles. The third kappa shape index (κ3) is 3.32. The molecule has 2 aromatic rings. The van der Waals surface area contributed by atoms with Crippen LogP contribution in [-0.4, -0.2) is 15.7 Å². The Hall–Kier alpha value is -2.23. The monoisotopic (exact) mass is 407 g/mol. The Morgan fingerprint density at radius 2 is 2.00 bits per heavy atom. The largest absolute Gasteiger partial charge is 0.419 e. The SMILES string of the molecule is C[C@H](c1cccc(C(F)(F)F)c1F)n1nc(C(N)=O)cc(Br)c1=O. The lowest BCUT2D eigenvalue weighted by Gasteiger charge is -2.18. The van der Waals surface area contributed by atoms with Crippen LogP contribution in [0.25, 0.3) is 0 Å². The Balaban J connectivity index is 2.64. The zero-order valence-corrected chi connectivity index (χ0v) is 13.7. The standard InChI is InChI=1S/C14H10BrF4N3O2/c1-6(7-3-2-4-8(11(7)16)14(17,18)19)22-13(24)9(15)5-10(21-22)12(20)23/h2-6H,1H3,(H2,20,23)/t6-/m1/s1. The number of carbonyl (C=O) groups excluding carboxylic acids is 1. The highest BCUT2D eigenvalue weighted by Gasteiger charge is 2.35. The number of rotatable bonds is 3. The van der Waals surface area contributed by atoms with Crippen molar-refractivity contribution in [1.29, 1.82) is 0 Å². The molecule has 2 N–H and O–H groups in total. The van der Waals surface area contributed by atoms with Gasteiger partial charge in [0.15, 0.2) is 0 Å². The first-order chi connectivity index (χ1) is 11.0. The van der Waals surface area contributed by atoms with E-state index in [2.05, 4.69) is 21.0 Å². The molecule has 0 saturated carbocycles. The lowest BCUT2D eigenvalue weighted by atomic mass is 10.0. The second-order valence-electron chi connectivity index (χ2n) is 4.87. The number of nitrogens with two attached hydrogens (primary N) is 1. The summed E-state index contributed by atoms with van der Waals surface area (Å²) in [5.41, 5.74) is 2.20. The fourth-order valence-corrected chi connectivity index (χ4v) is 2.49. The van der Waals surface area contributed by atoms with Gasteiger partial charge in [-0.15, -0.1) is 0 Å². The number of primary amides is 1. The third-order valence-corrected chi connectivity index (χ3v) is 3.86. The number of hydrogen-bond acceptors (Lipinski definition) is 3. The van der Waals surface area contributed by atoms with Gasteiger partial charge in [0.25, 0.3) is 11.5 Å². The minimum absolute atomic E-state index is 0.0782. The second kappa shape index (κ2) is 6.34. The van der Waals surface area contributed by atoms with Crippen LogP contribution in [0.2, 0.25) is 0 Å². The minimum Gasteiger partial charge on any atom is -0.364 e. The van der Waals surface area contributed by atoms with E-state index in [1.807, 2.05) is 0 Å². The van der Waals surface area contributed by atoms with Crippen LogP contribution in [0.15, 0.2) is 33.5 Å². The summed E-state index contributed by atoms with van der Waals surface area (Å²) in [4.78, 5) is 23.3. The van der Waals surface area contributed by atoms with Crippen molar-refractivity contribution in [2.45, 2.75) is 19.1 Å². The summed E-state index contributed by atoms with van der Waals surface area (Å²) in [6.07, 6.45) is -4.88. The van der Waals surface area contributed by atoms with Crippen LogP contribution in [0, 0.1) is 5.82 Å². The molecular formula is C14H10BrF4N3O2. The highest BCUT2D eigenvalue weighted by atomic mass is 79.9. The van der Waals surface area contributed by atoms with E-state index in [1.54, 1.807) is 0 Å². The third-order valence-electron chi connectivity index (χ3n) is 3.29. The molecule has 0 fully saturated rings. The number of aromatic nitrogens is 2. The second-order valence-corrected chi connectivity index (χ2v) is 5.73. The van der Waals surface area contributed by atoms with E-state index in [1.165, 1.54) is 6.92 Å². The predicted molar refractivity (Wildman–Crippen MR) is 79.9 cm³/mol. The number of hydrogen-bond donors (Lipinski definition) is 1. The maximum Gasteiger partial charge on any atom is 0.419 e. The van der Waals surface area contributed by atoms with E-state index < -0.39 is 40.6 Å². The van der Waals surface area contributed by atoms with Gasteiger partial charge in [-0.3, -0.25) is 9.59 Å². The Labute approximate surface area is 141 Å². The molecule has 0 bridgehead atoms. The number of carbonyl (C=O) groups is 1. The van der Waals surface area contributed by atoms with Gasteiger partial charge < -0.3 is 5.73 Å². The number of nitrogens with zero attached hydrogens (tertiary/aromatic N) is 2. The quantitative estimate of drug-likeness (QED) is 0.794. The average molecular weight is 408 g/mol. The summed E-state index contributed by atoms with van der Waals surface area (Å²) in [7, 11) is 0. The maximum absolute atomic E-state index is 14.2. The molecule has 0 aliphatic rings. The normalized spacial score (nSPS) is 12.9. The van der Waals surface area contributed by atoms with E-state index in [0.29, 0.717) is 10.7 Å². The molecule has 5 nitrogen and oxygen atoms in total. The Morgan fingerprint density at radius 1 is 1.38 bits per heavy atom. The molecule has 128 valence electrons. The number of halogens is 5. The molecule has 24 heavy (non-hydrogen) atoms. The van der Waals surface area contributed by atoms with Crippen molar-refractivity contribution in [1.82, 2.24) is 9.78 Å². The summed E-state index contributed by atoms with van der Waals surface area (Å²) in [5.74, 6) is -2.45. The lowest BCUT2D eigenvalue weighted by Crippen LogP contribution is -2.31. The van der Waals surface area contributed by atoms with Crippen LogP contribution in [0.1, 0.15) is 34.6 Å². The van der Waals surface area contributed by atoms with E-state index in [-0.39, 0.29) is 10.2 Å². The lowest BCUT2D eigenvalue weighted by molar-refractivity contribution is -0.140. The molecule has 0 radical (unpaired) electrons. The minimum atomic E-state index is -4.88. The summed E-state index contributed by atoms with van der Waals surface area (Å²) < 4.78 is 53.3. The van der Waals surface area contributed by atoms with Gasteiger partial charge in [0.05, 0.1) is 16.1 Å². The van der Waals surface area contributed by atoms with Gasteiger partial charge in [-0.2, -0.15) is 18.3 Å². The van der Waals surface area contributed by atoms with Gasteiger partial charge in [0.2, 0.25) is 0 Å². The zero-order valence-electron chi connectivity index (χ0n) is 12.1. The number of amides is 1. The first-order valence-electron chi connectivity index (χ1n) is 6.48. The maximum atomic E-state index is 14.2. The summed E-state index contributed by atoms with van der Waals surface area (Å²) in [5, 5.41) is 3.69. The Morgan fingerprint density at radius 3 is 2.54 bits per heavy atom. The smallest absolute Gasteiger partial charge is 0.364 e. The van der Waals surface area contributed by atoms with Crippen LogP contribution in [0.3, 0.4) is 0 Å². The van der Waals surface area contributed by atoms with Gasteiger partial charge in [-0.05, 0) is 35.0 Å². The molecule has 1 atom stereocenters. The van der Waals surface area contributed by atoms with Crippen LogP contribution < -0.4 is 11.3 Å². The van der Waals surface area contributed by atoms with Gasteiger partial charge in [-0.1, -0.05) is 12.1 Å². The molecule has 0 aliphatic carbocycles. The van der Waals surface area contributed by atoms with Gasteiger partial charge in [-0.25, -0.2) is 9.07 Å². The molecule has 0 spiro atoms. The molecule has 0 aliphatic heterocycles. The Kier molecular flexibility index (Phi) is 4.79. The van der Waals surface area contributed by atoms with E-state index >= 15 is 0 Å². The molecular weight excluding hydrogens is 398 g/mol. The summed E-state index contributed by atoms with van der Waals surface area (Å²) in [6, 6.07) is 2.60. The number of alkyl halides is 3. The summed E-state index contributed by atoms with van der Waals surface area (Å²) in [6.45, 7) is 1.28. The summed E-state index contributed by atoms with van der Waals surface area (Å²) >= 11 is 2.92. The van der Waals surface area contributed by atoms with Crippen LogP contribution in [0.4, 0.5) is 17.6 Å². The van der Waals surface area contributed by atoms with Gasteiger partial charge in [0, 0.05) is 5.56 Å². The van der Waals surface area contributed by atoms with Crippen molar-refractivity contribution in [2.75, 3.05) is 0 Å². The fraction of sp³-hybridized carbons (Fsp3) is 0.214. The highest BCUT2D eigenvalue weighted by molar-refractivity contribution is 9.10. The van der Waals surface area contributed by atoms with Gasteiger partial charge >= 0.3 is 6.18 Å². The van der Waals surface area contributed by atoms with Crippen molar-refractivity contribution < 1.29 is 22.4 Å². The van der Waals surface area contributed by atoms with Crippen LogP contribution in [-0.2, 0) is 6.18 Å². The van der Waals surface area contributed by atoms with Crippen molar-refractivity contribution in [3.63, 3.8) is 0 Å². The van der Waals surface area contributed by atoms with Crippen molar-refractivity contribution in [3.8, 4) is 0 Å². The predicted octanol–water partition coefficient (Wildman–Crippen LogP) is 2.87. The molecule has 1 amide bonds. The zero-order chi connectivity index (χ0) is 18.2. The fourth-order valence-electron chi connectivity index (χ4n) is 2.09. The average Bonchev–Trinajstić information content (AvgIpc) is 2.48. The van der Waals surface area contributed by atoms with E-state index in [9.17, 15) is 27.2 Å². The molecule has 1 aromatic heterocycles. The van der Waals surface area contributed by atoms with Crippen molar-refractivity contribution in [2.24, 2.45) is 5.73 Å². The van der Waals surface area contributed by atoms with E-state index in [0.717, 1.165) is 18.2 Å². The molecule has 0 unspecified atom stereocenters. The van der Waals surface area contributed by atoms with Crippen molar-refractivity contribution in [3.05, 3.63) is 61.7 Å². The van der Waals surface area contributed by atoms with Crippen LogP contribution in [0.5, 0.6) is 0 Å². The van der Waals surface area contributed by atoms with Gasteiger partial charge in [0.1, 0.15) is 11.5 Å². The first kappa shape index (κ1) is 18.1. The molecule has 2 rings (SSSR count).